The third kappa shape index (κ3) is 3.72. The summed E-state index contributed by atoms with van der Waals surface area (Å²) in [6.07, 6.45) is 0.397. The minimum absolute atomic E-state index is 0.0112. The molecule has 0 atom stereocenters. The van der Waals surface area contributed by atoms with Crippen molar-refractivity contribution in [2.45, 2.75) is 13.0 Å². The first kappa shape index (κ1) is 13.4. The highest BCUT2D eigenvalue weighted by atomic mass is 32.1. The first-order valence-electron chi connectivity index (χ1n) is 5.89. The van der Waals surface area contributed by atoms with Crippen molar-refractivity contribution in [2.75, 3.05) is 12.8 Å². The van der Waals surface area contributed by atoms with Crippen molar-refractivity contribution >= 4 is 22.9 Å². The van der Waals surface area contributed by atoms with Gasteiger partial charge in [-0.3, -0.25) is 4.79 Å². The first-order chi connectivity index (χ1) is 9.19. The zero-order valence-electron chi connectivity index (χ0n) is 10.7. The molecule has 0 aliphatic rings. The summed E-state index contributed by atoms with van der Waals surface area (Å²) in [4.78, 5) is 11.8. The number of hydrogen-bond donors (Lipinski definition) is 2. The third-order valence-electron chi connectivity index (χ3n) is 2.73. The highest BCUT2D eigenvalue weighted by molar-refractivity contribution is 7.07. The van der Waals surface area contributed by atoms with Crippen molar-refractivity contribution < 1.29 is 9.53 Å². The number of nitrogens with two attached hydrogens (primary N) is 1. The van der Waals surface area contributed by atoms with E-state index in [1.54, 1.807) is 30.6 Å². The van der Waals surface area contributed by atoms with Crippen LogP contribution < -0.4 is 15.8 Å². The third-order valence-corrected chi connectivity index (χ3v) is 3.46. The molecule has 100 valence electrons. The molecule has 2 aromatic rings. The number of carbonyl (C=O) groups is 1. The van der Waals surface area contributed by atoms with Gasteiger partial charge >= 0.3 is 0 Å². The maximum absolute atomic E-state index is 11.8. The summed E-state index contributed by atoms with van der Waals surface area (Å²) < 4.78 is 5.23. The van der Waals surface area contributed by atoms with Crippen LogP contribution in [0.5, 0.6) is 5.75 Å². The number of carbonyl (C=O) groups excluding carboxylic acids is 1. The number of methoxy groups -OCH3 is 1. The number of nitrogen functional groups attached to an aromatic ring is 1. The molecule has 19 heavy (non-hydrogen) atoms. The molecule has 0 saturated heterocycles. The van der Waals surface area contributed by atoms with E-state index in [-0.39, 0.29) is 5.91 Å². The Morgan fingerprint density at radius 3 is 2.95 bits per heavy atom. The van der Waals surface area contributed by atoms with Crippen LogP contribution in [-0.4, -0.2) is 13.0 Å². The van der Waals surface area contributed by atoms with Crippen LogP contribution in [0.25, 0.3) is 0 Å². The predicted molar refractivity (Wildman–Crippen MR) is 77.3 cm³/mol. The van der Waals surface area contributed by atoms with Crippen molar-refractivity contribution in [1.29, 1.82) is 0 Å². The van der Waals surface area contributed by atoms with E-state index < -0.39 is 0 Å². The van der Waals surface area contributed by atoms with Gasteiger partial charge in [-0.05, 0) is 40.6 Å². The lowest BCUT2D eigenvalue weighted by Gasteiger charge is -2.10. The maximum Gasteiger partial charge on any atom is 0.224 e. The van der Waals surface area contributed by atoms with E-state index in [1.165, 1.54) is 0 Å². The van der Waals surface area contributed by atoms with Gasteiger partial charge in [0.25, 0.3) is 0 Å². The van der Waals surface area contributed by atoms with Crippen LogP contribution in [0, 0.1) is 0 Å². The van der Waals surface area contributed by atoms with Gasteiger partial charge in [0.1, 0.15) is 5.75 Å². The van der Waals surface area contributed by atoms with Gasteiger partial charge in [-0.2, -0.15) is 11.3 Å². The zero-order chi connectivity index (χ0) is 13.7. The Hall–Kier alpha value is -2.01. The summed E-state index contributed by atoms with van der Waals surface area (Å²) in [5.74, 6) is 0.716. The fraction of sp³-hybridized carbons (Fsp3) is 0.214. The van der Waals surface area contributed by atoms with Crippen molar-refractivity contribution in [1.82, 2.24) is 5.32 Å². The lowest BCUT2D eigenvalue weighted by atomic mass is 10.1. The number of rotatable bonds is 5. The number of amides is 1. The molecule has 0 aliphatic heterocycles. The minimum atomic E-state index is -0.0112. The Morgan fingerprint density at radius 2 is 2.26 bits per heavy atom. The average molecular weight is 276 g/mol. The van der Waals surface area contributed by atoms with Gasteiger partial charge < -0.3 is 15.8 Å². The smallest absolute Gasteiger partial charge is 0.224 e. The fourth-order valence-corrected chi connectivity index (χ4v) is 2.44. The highest BCUT2D eigenvalue weighted by Crippen LogP contribution is 2.20. The van der Waals surface area contributed by atoms with E-state index in [4.69, 9.17) is 10.5 Å². The Kier molecular flexibility index (Phi) is 4.41. The summed E-state index contributed by atoms with van der Waals surface area (Å²) in [5, 5.41) is 6.80. The summed E-state index contributed by atoms with van der Waals surface area (Å²) in [5.41, 5.74) is 8.29. The van der Waals surface area contributed by atoms with E-state index in [2.05, 4.69) is 5.32 Å². The second-order valence-electron chi connectivity index (χ2n) is 4.16. The Morgan fingerprint density at radius 1 is 1.42 bits per heavy atom. The SMILES string of the molecule is COc1ccc(N)cc1CNC(=O)Cc1ccsc1. The number of ether oxygens (including phenoxy) is 1. The van der Waals surface area contributed by atoms with Crippen LogP contribution in [0.1, 0.15) is 11.1 Å². The Balaban J connectivity index is 1.94. The molecular formula is C14H16N2O2S. The number of benzene rings is 1. The number of thiophene rings is 1. The summed E-state index contributed by atoms with van der Waals surface area (Å²) in [6.45, 7) is 0.414. The molecule has 5 heteroatoms. The Bertz CT molecular complexity index is 553. The summed E-state index contributed by atoms with van der Waals surface area (Å²) in [7, 11) is 1.60. The highest BCUT2D eigenvalue weighted by Gasteiger charge is 2.07. The van der Waals surface area contributed by atoms with Crippen molar-refractivity contribution in [3.05, 3.63) is 46.2 Å². The average Bonchev–Trinajstić information content (AvgIpc) is 2.89. The molecule has 0 bridgehead atoms. The number of nitrogens with one attached hydrogen (secondary N) is 1. The van der Waals surface area contributed by atoms with E-state index in [0.29, 0.717) is 18.7 Å². The molecule has 1 amide bonds. The van der Waals surface area contributed by atoms with Gasteiger partial charge in [-0.1, -0.05) is 0 Å². The minimum Gasteiger partial charge on any atom is -0.496 e. The topological polar surface area (TPSA) is 64.3 Å². The molecule has 0 unspecified atom stereocenters. The summed E-state index contributed by atoms with van der Waals surface area (Å²) in [6, 6.07) is 7.33. The lowest BCUT2D eigenvalue weighted by Crippen LogP contribution is -2.24. The molecule has 0 saturated carbocycles. The largest absolute Gasteiger partial charge is 0.496 e. The molecule has 0 fully saturated rings. The molecule has 0 aliphatic carbocycles. The molecule has 1 heterocycles. The van der Waals surface area contributed by atoms with Crippen LogP contribution >= 0.6 is 11.3 Å². The number of anilines is 1. The van der Waals surface area contributed by atoms with Crippen LogP contribution in [0.4, 0.5) is 5.69 Å². The lowest BCUT2D eigenvalue weighted by molar-refractivity contribution is -0.120. The number of hydrogen-bond acceptors (Lipinski definition) is 4. The van der Waals surface area contributed by atoms with E-state index in [1.807, 2.05) is 22.9 Å². The molecule has 1 aromatic heterocycles. The molecule has 1 aromatic carbocycles. The second-order valence-corrected chi connectivity index (χ2v) is 4.94. The van der Waals surface area contributed by atoms with Crippen molar-refractivity contribution in [3.8, 4) is 5.75 Å². The van der Waals surface area contributed by atoms with Crippen LogP contribution in [-0.2, 0) is 17.8 Å². The molecule has 3 N–H and O–H groups in total. The van der Waals surface area contributed by atoms with Gasteiger partial charge in [0.05, 0.1) is 13.5 Å². The van der Waals surface area contributed by atoms with Gasteiger partial charge in [0, 0.05) is 17.8 Å². The standard InChI is InChI=1S/C14H16N2O2S/c1-18-13-3-2-12(15)7-11(13)8-16-14(17)6-10-4-5-19-9-10/h2-5,7,9H,6,8,15H2,1H3,(H,16,17). The fourth-order valence-electron chi connectivity index (χ4n) is 1.77. The van der Waals surface area contributed by atoms with E-state index in [9.17, 15) is 4.79 Å². The maximum atomic E-state index is 11.8. The molecule has 0 radical (unpaired) electrons. The molecule has 2 rings (SSSR count). The molecule has 4 nitrogen and oxygen atoms in total. The van der Waals surface area contributed by atoms with Crippen molar-refractivity contribution in [3.63, 3.8) is 0 Å². The Labute approximate surface area is 116 Å². The van der Waals surface area contributed by atoms with Crippen molar-refractivity contribution in [2.24, 2.45) is 0 Å². The van der Waals surface area contributed by atoms with Crippen LogP contribution in [0.15, 0.2) is 35.0 Å². The molecular weight excluding hydrogens is 260 g/mol. The summed E-state index contributed by atoms with van der Waals surface area (Å²) >= 11 is 1.59. The predicted octanol–water partition coefficient (Wildman–Crippen LogP) is 2.20. The van der Waals surface area contributed by atoms with Crippen LogP contribution in [0.3, 0.4) is 0 Å². The second kappa shape index (κ2) is 6.24. The molecule has 0 spiro atoms. The zero-order valence-corrected chi connectivity index (χ0v) is 11.5. The normalized spacial score (nSPS) is 10.2. The first-order valence-corrected chi connectivity index (χ1v) is 6.83. The van der Waals surface area contributed by atoms with Gasteiger partial charge in [-0.25, -0.2) is 0 Å². The monoisotopic (exact) mass is 276 g/mol. The van der Waals surface area contributed by atoms with E-state index >= 15 is 0 Å². The van der Waals surface area contributed by atoms with E-state index in [0.717, 1.165) is 16.9 Å². The van der Waals surface area contributed by atoms with Gasteiger partial charge in [-0.15, -0.1) is 0 Å². The quantitative estimate of drug-likeness (QED) is 0.823. The van der Waals surface area contributed by atoms with Crippen LogP contribution in [0.2, 0.25) is 0 Å². The van der Waals surface area contributed by atoms with Gasteiger partial charge in [0.2, 0.25) is 5.91 Å². The van der Waals surface area contributed by atoms with Gasteiger partial charge in [0.15, 0.2) is 0 Å².